The van der Waals surface area contributed by atoms with Crippen molar-refractivity contribution in [3.05, 3.63) is 48.6 Å². The Morgan fingerprint density at radius 3 is 2.94 bits per heavy atom. The minimum absolute atomic E-state index is 0.279. The fourth-order valence-corrected chi connectivity index (χ4v) is 1.19. The minimum Gasteiger partial charge on any atom is -0.465 e. The van der Waals surface area contributed by atoms with Crippen molar-refractivity contribution in [3.63, 3.8) is 0 Å². The van der Waals surface area contributed by atoms with E-state index in [1.165, 1.54) is 12.3 Å². The van der Waals surface area contributed by atoms with Crippen LogP contribution in [0.4, 0.5) is 11.5 Å². The molecule has 0 aliphatic rings. The summed E-state index contributed by atoms with van der Waals surface area (Å²) >= 11 is 0. The van der Waals surface area contributed by atoms with Crippen molar-refractivity contribution in [2.24, 2.45) is 0 Å². The first-order valence-electron chi connectivity index (χ1n) is 4.98. The molecule has 0 aromatic carbocycles. The monoisotopic (exact) mass is 229 g/mol. The Kier molecular flexibility index (Phi) is 3.20. The molecule has 0 saturated carbocycles. The van der Waals surface area contributed by atoms with Gasteiger partial charge in [-0.25, -0.2) is 4.98 Å². The van der Waals surface area contributed by atoms with Gasteiger partial charge in [0.15, 0.2) is 0 Å². The average molecular weight is 229 g/mol. The van der Waals surface area contributed by atoms with E-state index in [0.717, 1.165) is 0 Å². The fourth-order valence-electron chi connectivity index (χ4n) is 1.19. The Hall–Kier alpha value is -2.56. The molecule has 2 aromatic rings. The van der Waals surface area contributed by atoms with Gasteiger partial charge in [0.1, 0.15) is 11.6 Å². The lowest BCUT2D eigenvalue weighted by atomic mass is 10.3. The summed E-state index contributed by atoms with van der Waals surface area (Å²) in [4.78, 5) is 15.4. The molecule has 2 heterocycles. The number of hydrogen-bond donors (Lipinski definition) is 2. The second kappa shape index (κ2) is 4.98. The number of nitrogens with one attached hydrogen (secondary N) is 1. The van der Waals surface area contributed by atoms with Gasteiger partial charge in [-0.2, -0.15) is 0 Å². The molecule has 0 aliphatic carbocycles. The zero-order valence-electron chi connectivity index (χ0n) is 8.96. The van der Waals surface area contributed by atoms with Crippen molar-refractivity contribution in [2.45, 2.75) is 0 Å². The van der Waals surface area contributed by atoms with Crippen LogP contribution in [-0.4, -0.2) is 10.9 Å². The van der Waals surface area contributed by atoms with Gasteiger partial charge < -0.3 is 15.5 Å². The lowest BCUT2D eigenvalue weighted by Gasteiger charge is -2.00. The molecule has 2 aromatic heterocycles. The average Bonchev–Trinajstić information content (AvgIpc) is 2.83. The van der Waals surface area contributed by atoms with Gasteiger partial charge in [0, 0.05) is 6.08 Å². The van der Waals surface area contributed by atoms with Gasteiger partial charge in [0.2, 0.25) is 5.91 Å². The quantitative estimate of drug-likeness (QED) is 0.788. The molecule has 0 aliphatic heterocycles. The van der Waals surface area contributed by atoms with Crippen LogP contribution in [-0.2, 0) is 4.79 Å². The third-order valence-corrected chi connectivity index (χ3v) is 1.98. The maximum atomic E-state index is 11.5. The van der Waals surface area contributed by atoms with Crippen molar-refractivity contribution in [1.29, 1.82) is 0 Å². The highest BCUT2D eigenvalue weighted by Crippen LogP contribution is 2.06. The molecule has 0 spiro atoms. The van der Waals surface area contributed by atoms with Gasteiger partial charge in [0.05, 0.1) is 18.1 Å². The number of nitrogens with two attached hydrogens (primary N) is 1. The van der Waals surface area contributed by atoms with Crippen LogP contribution in [0.2, 0.25) is 0 Å². The number of carbonyl (C=O) groups excluding carboxylic acids is 1. The molecule has 5 heteroatoms. The molecule has 2 rings (SSSR count). The zero-order chi connectivity index (χ0) is 12.1. The van der Waals surface area contributed by atoms with Gasteiger partial charge >= 0.3 is 0 Å². The largest absolute Gasteiger partial charge is 0.465 e. The molecule has 0 atom stereocenters. The van der Waals surface area contributed by atoms with Gasteiger partial charge in [-0.05, 0) is 30.3 Å². The normalized spacial score (nSPS) is 10.6. The number of nitrogen functional groups attached to an aromatic ring is 1. The summed E-state index contributed by atoms with van der Waals surface area (Å²) in [6.45, 7) is 0. The Bertz CT molecular complexity index is 515. The predicted octanol–water partition coefficient (Wildman–Crippen LogP) is 1.91. The van der Waals surface area contributed by atoms with E-state index in [2.05, 4.69) is 10.3 Å². The van der Waals surface area contributed by atoms with Gasteiger partial charge in [-0.1, -0.05) is 0 Å². The molecule has 0 fully saturated rings. The molecule has 5 nitrogen and oxygen atoms in total. The SMILES string of the molecule is Nc1ccc(NC(=O)/C=C/c2ccco2)nc1. The lowest BCUT2D eigenvalue weighted by molar-refractivity contribution is -0.111. The van der Waals surface area contributed by atoms with E-state index in [9.17, 15) is 4.79 Å². The second-order valence-electron chi connectivity index (χ2n) is 3.31. The number of rotatable bonds is 3. The number of carbonyl (C=O) groups is 1. The number of anilines is 2. The molecule has 0 bridgehead atoms. The number of pyridine rings is 1. The molecule has 0 radical (unpaired) electrons. The molecular formula is C12H11N3O2. The van der Waals surface area contributed by atoms with Crippen LogP contribution in [0.3, 0.4) is 0 Å². The maximum absolute atomic E-state index is 11.5. The highest BCUT2D eigenvalue weighted by molar-refractivity contribution is 6.01. The van der Waals surface area contributed by atoms with E-state index in [1.54, 1.807) is 36.6 Å². The van der Waals surface area contributed by atoms with E-state index in [4.69, 9.17) is 10.2 Å². The lowest BCUT2D eigenvalue weighted by Crippen LogP contribution is -2.09. The second-order valence-corrected chi connectivity index (χ2v) is 3.31. The Morgan fingerprint density at radius 1 is 1.41 bits per heavy atom. The van der Waals surface area contributed by atoms with E-state index < -0.39 is 0 Å². The van der Waals surface area contributed by atoms with E-state index in [1.807, 2.05) is 0 Å². The van der Waals surface area contributed by atoms with Crippen LogP contribution in [0.25, 0.3) is 6.08 Å². The van der Waals surface area contributed by atoms with Crippen LogP contribution in [0.15, 0.2) is 47.2 Å². The van der Waals surface area contributed by atoms with Crippen molar-refractivity contribution in [3.8, 4) is 0 Å². The molecule has 1 amide bonds. The Morgan fingerprint density at radius 2 is 2.29 bits per heavy atom. The van der Waals surface area contributed by atoms with Crippen LogP contribution in [0, 0.1) is 0 Å². The zero-order valence-corrected chi connectivity index (χ0v) is 8.96. The van der Waals surface area contributed by atoms with Gasteiger partial charge in [-0.3, -0.25) is 4.79 Å². The van der Waals surface area contributed by atoms with Crippen molar-refractivity contribution in [2.75, 3.05) is 11.1 Å². The van der Waals surface area contributed by atoms with E-state index in [0.29, 0.717) is 17.3 Å². The maximum Gasteiger partial charge on any atom is 0.249 e. The highest BCUT2D eigenvalue weighted by Gasteiger charge is 1.98. The Balaban J connectivity index is 1.95. The number of amides is 1. The predicted molar refractivity (Wildman–Crippen MR) is 65.0 cm³/mol. The molecule has 86 valence electrons. The van der Waals surface area contributed by atoms with Crippen molar-refractivity contribution in [1.82, 2.24) is 4.98 Å². The summed E-state index contributed by atoms with van der Waals surface area (Å²) in [7, 11) is 0. The number of hydrogen-bond acceptors (Lipinski definition) is 4. The third kappa shape index (κ3) is 3.20. The standard InChI is InChI=1S/C12H11N3O2/c13-9-3-5-11(14-8-9)15-12(16)6-4-10-2-1-7-17-10/h1-8H,13H2,(H,14,15,16)/b6-4+. The molecule has 3 N–H and O–H groups in total. The summed E-state index contributed by atoms with van der Waals surface area (Å²) in [6, 6.07) is 6.80. The fraction of sp³-hybridized carbons (Fsp3) is 0. The first-order valence-corrected chi connectivity index (χ1v) is 4.98. The van der Waals surface area contributed by atoms with Gasteiger partial charge in [0.25, 0.3) is 0 Å². The third-order valence-electron chi connectivity index (χ3n) is 1.98. The number of aromatic nitrogens is 1. The summed E-state index contributed by atoms with van der Waals surface area (Å²) in [5.41, 5.74) is 6.03. The van der Waals surface area contributed by atoms with Crippen LogP contribution in [0.1, 0.15) is 5.76 Å². The van der Waals surface area contributed by atoms with E-state index in [-0.39, 0.29) is 5.91 Å². The number of nitrogens with zero attached hydrogens (tertiary/aromatic N) is 1. The number of furan rings is 1. The summed E-state index contributed by atoms with van der Waals surface area (Å²) < 4.78 is 5.05. The smallest absolute Gasteiger partial charge is 0.249 e. The Labute approximate surface area is 98.0 Å². The summed E-state index contributed by atoms with van der Waals surface area (Å²) in [6.07, 6.45) is 5.97. The highest BCUT2D eigenvalue weighted by atomic mass is 16.3. The molecule has 0 saturated heterocycles. The van der Waals surface area contributed by atoms with Gasteiger partial charge in [-0.15, -0.1) is 0 Å². The summed E-state index contributed by atoms with van der Waals surface area (Å²) in [5, 5.41) is 2.60. The molecular weight excluding hydrogens is 218 g/mol. The minimum atomic E-state index is -0.279. The van der Waals surface area contributed by atoms with Crippen LogP contribution >= 0.6 is 0 Å². The van der Waals surface area contributed by atoms with Crippen molar-refractivity contribution >= 4 is 23.5 Å². The molecule has 17 heavy (non-hydrogen) atoms. The van der Waals surface area contributed by atoms with E-state index >= 15 is 0 Å². The van der Waals surface area contributed by atoms with Crippen molar-refractivity contribution < 1.29 is 9.21 Å². The topological polar surface area (TPSA) is 81.1 Å². The first kappa shape index (κ1) is 10.9. The molecule has 0 unspecified atom stereocenters. The van der Waals surface area contributed by atoms with Crippen LogP contribution in [0.5, 0.6) is 0 Å². The van der Waals surface area contributed by atoms with Crippen LogP contribution < -0.4 is 11.1 Å². The first-order chi connectivity index (χ1) is 8.24. The summed E-state index contributed by atoms with van der Waals surface area (Å²) in [5.74, 6) is 0.789.